The molecular formula is C10H22N2O. The predicted octanol–water partition coefficient (Wildman–Crippen LogP) is 0.705. The van der Waals surface area contributed by atoms with Crippen molar-refractivity contribution in [1.29, 1.82) is 0 Å². The van der Waals surface area contributed by atoms with Gasteiger partial charge in [-0.1, -0.05) is 0 Å². The molecule has 2 unspecified atom stereocenters. The Morgan fingerprint density at radius 1 is 1.62 bits per heavy atom. The van der Waals surface area contributed by atoms with Crippen molar-refractivity contribution >= 4 is 0 Å². The molecule has 1 fully saturated rings. The molecular weight excluding hydrogens is 164 g/mol. The fourth-order valence-electron chi connectivity index (χ4n) is 1.72. The van der Waals surface area contributed by atoms with Crippen LogP contribution in [0, 0.1) is 0 Å². The molecule has 1 aliphatic rings. The third-order valence-corrected chi connectivity index (χ3v) is 2.56. The predicted molar refractivity (Wildman–Crippen MR) is 55.0 cm³/mol. The van der Waals surface area contributed by atoms with Gasteiger partial charge in [0.1, 0.15) is 0 Å². The van der Waals surface area contributed by atoms with Gasteiger partial charge < -0.3 is 10.1 Å². The maximum Gasteiger partial charge on any atom is 0.0673 e. The van der Waals surface area contributed by atoms with Gasteiger partial charge in [-0.15, -0.1) is 0 Å². The molecule has 1 aliphatic heterocycles. The Morgan fingerprint density at radius 3 is 3.08 bits per heavy atom. The molecule has 1 saturated heterocycles. The Morgan fingerprint density at radius 2 is 2.38 bits per heavy atom. The van der Waals surface area contributed by atoms with E-state index in [1.54, 1.807) is 0 Å². The van der Waals surface area contributed by atoms with Crippen LogP contribution in [0.25, 0.3) is 0 Å². The number of nitrogens with one attached hydrogen (secondary N) is 1. The number of nitrogens with zero attached hydrogens (tertiary/aromatic N) is 1. The molecule has 0 aliphatic carbocycles. The third kappa shape index (κ3) is 4.07. The molecule has 3 heteroatoms. The van der Waals surface area contributed by atoms with E-state index in [2.05, 4.69) is 24.1 Å². The first-order chi connectivity index (χ1) is 6.22. The molecule has 0 saturated carbocycles. The molecule has 1 N–H and O–H groups in total. The van der Waals surface area contributed by atoms with Crippen molar-refractivity contribution in [3.05, 3.63) is 0 Å². The van der Waals surface area contributed by atoms with Crippen LogP contribution in [0.2, 0.25) is 0 Å². The Kier molecular flexibility index (Phi) is 4.70. The van der Waals surface area contributed by atoms with Gasteiger partial charge in [-0.05, 0) is 27.3 Å². The highest BCUT2D eigenvalue weighted by Crippen LogP contribution is 2.05. The summed E-state index contributed by atoms with van der Waals surface area (Å²) in [5, 5.41) is 3.26. The summed E-state index contributed by atoms with van der Waals surface area (Å²) in [5.74, 6) is 0. The van der Waals surface area contributed by atoms with Gasteiger partial charge in [0.2, 0.25) is 0 Å². The molecule has 0 bridgehead atoms. The average Bonchev–Trinajstić information content (AvgIpc) is 2.30. The highest BCUT2D eigenvalue weighted by molar-refractivity contribution is 4.71. The monoisotopic (exact) mass is 186 g/mol. The summed E-state index contributed by atoms with van der Waals surface area (Å²) in [4.78, 5) is 2.48. The molecule has 0 aromatic rings. The summed E-state index contributed by atoms with van der Waals surface area (Å²) >= 11 is 0. The second-order valence-corrected chi connectivity index (χ2v) is 3.98. The molecule has 0 aromatic heterocycles. The zero-order chi connectivity index (χ0) is 9.68. The van der Waals surface area contributed by atoms with E-state index in [1.807, 2.05) is 7.05 Å². The van der Waals surface area contributed by atoms with Crippen LogP contribution in [0.15, 0.2) is 0 Å². The van der Waals surface area contributed by atoms with Crippen molar-refractivity contribution in [2.75, 3.05) is 33.3 Å². The zero-order valence-electron chi connectivity index (χ0n) is 9.05. The van der Waals surface area contributed by atoms with Gasteiger partial charge in [0.15, 0.2) is 0 Å². The van der Waals surface area contributed by atoms with Crippen molar-refractivity contribution in [2.24, 2.45) is 0 Å². The molecule has 0 amide bonds. The van der Waals surface area contributed by atoms with Crippen molar-refractivity contribution < 1.29 is 4.74 Å². The van der Waals surface area contributed by atoms with E-state index < -0.39 is 0 Å². The fourth-order valence-corrected chi connectivity index (χ4v) is 1.72. The first kappa shape index (κ1) is 11.0. The topological polar surface area (TPSA) is 24.5 Å². The summed E-state index contributed by atoms with van der Waals surface area (Å²) in [5.41, 5.74) is 0. The van der Waals surface area contributed by atoms with Crippen LogP contribution >= 0.6 is 0 Å². The first-order valence-electron chi connectivity index (χ1n) is 5.23. The summed E-state index contributed by atoms with van der Waals surface area (Å²) in [6.07, 6.45) is 1.56. The van der Waals surface area contributed by atoms with Crippen LogP contribution in [0.1, 0.15) is 20.3 Å². The maximum atomic E-state index is 5.59. The smallest absolute Gasteiger partial charge is 0.0673 e. The van der Waals surface area contributed by atoms with Crippen molar-refractivity contribution in [3.8, 4) is 0 Å². The second-order valence-electron chi connectivity index (χ2n) is 3.98. The van der Waals surface area contributed by atoms with E-state index in [0.717, 1.165) is 19.7 Å². The number of hydrogen-bond donors (Lipinski definition) is 1. The number of hydrogen-bond acceptors (Lipinski definition) is 3. The van der Waals surface area contributed by atoms with Crippen LogP contribution in [-0.2, 0) is 4.74 Å². The largest absolute Gasteiger partial charge is 0.377 e. The van der Waals surface area contributed by atoms with Gasteiger partial charge in [-0.3, -0.25) is 4.90 Å². The quantitative estimate of drug-likeness (QED) is 0.702. The van der Waals surface area contributed by atoms with E-state index in [1.165, 1.54) is 13.0 Å². The van der Waals surface area contributed by atoms with E-state index in [-0.39, 0.29) is 0 Å². The summed E-state index contributed by atoms with van der Waals surface area (Å²) in [6, 6.07) is 0.574. The van der Waals surface area contributed by atoms with Crippen LogP contribution in [0.3, 0.4) is 0 Å². The van der Waals surface area contributed by atoms with Crippen LogP contribution in [-0.4, -0.2) is 50.3 Å². The Bertz CT molecular complexity index is 141. The lowest BCUT2D eigenvalue weighted by Crippen LogP contribution is -2.40. The Hall–Kier alpha value is -0.120. The van der Waals surface area contributed by atoms with Gasteiger partial charge in [0.05, 0.1) is 6.10 Å². The first-order valence-corrected chi connectivity index (χ1v) is 5.23. The molecule has 1 rings (SSSR count). The van der Waals surface area contributed by atoms with Crippen molar-refractivity contribution in [3.63, 3.8) is 0 Å². The van der Waals surface area contributed by atoms with Gasteiger partial charge in [-0.25, -0.2) is 0 Å². The second kappa shape index (κ2) is 5.58. The number of ether oxygens (including phenoxy) is 1. The normalized spacial score (nSPS) is 28.4. The van der Waals surface area contributed by atoms with Gasteiger partial charge in [0, 0.05) is 32.3 Å². The minimum Gasteiger partial charge on any atom is -0.377 e. The van der Waals surface area contributed by atoms with E-state index in [0.29, 0.717) is 12.1 Å². The molecule has 0 aromatic carbocycles. The van der Waals surface area contributed by atoms with Crippen LogP contribution < -0.4 is 5.32 Å². The minimum absolute atomic E-state index is 0.395. The van der Waals surface area contributed by atoms with Gasteiger partial charge in [-0.2, -0.15) is 0 Å². The fraction of sp³-hybridized carbons (Fsp3) is 1.00. The van der Waals surface area contributed by atoms with E-state index >= 15 is 0 Å². The summed E-state index contributed by atoms with van der Waals surface area (Å²) in [6.45, 7) is 8.68. The molecule has 2 atom stereocenters. The SMILES string of the molecule is CNC(C)CN1CCCOC(C)C1. The third-order valence-electron chi connectivity index (χ3n) is 2.56. The number of likely N-dealkylation sites (N-methyl/N-ethyl adjacent to an activating group) is 1. The lowest BCUT2D eigenvalue weighted by Gasteiger charge is -2.24. The molecule has 3 nitrogen and oxygen atoms in total. The number of rotatable bonds is 3. The molecule has 78 valence electrons. The highest BCUT2D eigenvalue weighted by Gasteiger charge is 2.15. The van der Waals surface area contributed by atoms with Gasteiger partial charge in [0.25, 0.3) is 0 Å². The molecule has 13 heavy (non-hydrogen) atoms. The molecule has 0 spiro atoms. The van der Waals surface area contributed by atoms with Crippen molar-refractivity contribution in [1.82, 2.24) is 10.2 Å². The van der Waals surface area contributed by atoms with Crippen molar-refractivity contribution in [2.45, 2.75) is 32.4 Å². The summed E-state index contributed by atoms with van der Waals surface area (Å²) < 4.78 is 5.59. The average molecular weight is 186 g/mol. The molecule has 1 heterocycles. The lowest BCUT2D eigenvalue weighted by molar-refractivity contribution is 0.0668. The molecule has 0 radical (unpaired) electrons. The summed E-state index contributed by atoms with van der Waals surface area (Å²) in [7, 11) is 2.02. The van der Waals surface area contributed by atoms with E-state index in [9.17, 15) is 0 Å². The standard InChI is InChI=1S/C10H22N2O/c1-9(11-3)7-12-5-4-6-13-10(2)8-12/h9-11H,4-8H2,1-3H3. The Labute approximate surface area is 81.4 Å². The van der Waals surface area contributed by atoms with Gasteiger partial charge >= 0.3 is 0 Å². The van der Waals surface area contributed by atoms with E-state index in [4.69, 9.17) is 4.74 Å². The van der Waals surface area contributed by atoms with Crippen LogP contribution in [0.5, 0.6) is 0 Å². The Balaban J connectivity index is 2.30. The lowest BCUT2D eigenvalue weighted by atomic mass is 10.2. The zero-order valence-corrected chi connectivity index (χ0v) is 9.05. The van der Waals surface area contributed by atoms with Crippen LogP contribution in [0.4, 0.5) is 0 Å². The minimum atomic E-state index is 0.395. The maximum absolute atomic E-state index is 5.59. The highest BCUT2D eigenvalue weighted by atomic mass is 16.5.